The van der Waals surface area contributed by atoms with Gasteiger partial charge in [-0.3, -0.25) is 14.4 Å². The van der Waals surface area contributed by atoms with Crippen LogP contribution < -0.4 is 21.3 Å². The molecule has 4 amide bonds. The predicted molar refractivity (Wildman–Crippen MR) is 186 cm³/mol. The molecule has 268 valence electrons. The van der Waals surface area contributed by atoms with Crippen LogP contribution in [0.1, 0.15) is 97.4 Å². The lowest BCUT2D eigenvalue weighted by Gasteiger charge is -2.30. The summed E-state index contributed by atoms with van der Waals surface area (Å²) < 4.78 is 6.93. The van der Waals surface area contributed by atoms with Crippen LogP contribution in [0, 0.1) is 37.5 Å². The molecule has 5 atom stereocenters. The lowest BCUT2D eigenvalue weighted by molar-refractivity contribution is -0.132. The third kappa shape index (κ3) is 14.9. The van der Waals surface area contributed by atoms with Crippen LogP contribution >= 0.6 is 11.8 Å². The Bertz CT molecular complexity index is 1140. The van der Waals surface area contributed by atoms with Gasteiger partial charge in [-0.1, -0.05) is 60.3 Å². The molecule has 1 aliphatic rings. The number of amides is 4. The molecule has 0 aliphatic heterocycles. The van der Waals surface area contributed by atoms with E-state index in [0.29, 0.717) is 37.5 Å². The van der Waals surface area contributed by atoms with Gasteiger partial charge in [-0.25, -0.2) is 9.48 Å². The average molecular weight is 681 g/mol. The van der Waals surface area contributed by atoms with E-state index in [4.69, 9.17) is 4.74 Å². The number of alkyl carbamates (subject to hydrolysis) is 1. The smallest absolute Gasteiger partial charge is 0.409 e. The molecule has 2 rings (SSSR count). The van der Waals surface area contributed by atoms with Crippen LogP contribution in [-0.4, -0.2) is 81.5 Å². The van der Waals surface area contributed by atoms with Crippen molar-refractivity contribution in [3.8, 4) is 0 Å². The second-order valence-corrected chi connectivity index (χ2v) is 15.0. The van der Waals surface area contributed by atoms with Crippen molar-refractivity contribution in [2.24, 2.45) is 23.7 Å². The summed E-state index contributed by atoms with van der Waals surface area (Å²) in [5, 5.41) is 27.3. The standard InChI is InChI=1S/C34H60N6O6S/c1-21(2)15-29(32(43)35-19-22(3)4)37-31(42)23(5)16-30(41)28(18-26-11-9-10-12-26)36-33(44)27(13-14-47-8)38-34(45)46-20-40-25(7)17-24(6)39-40/h17,21-23,26-30,41H,9-16,18-20H2,1-8H3,(H,35,43)(H,36,44)(H,37,42)(H,38,45)/t23-,27+,28+,29+,30+/m1/s1. The number of nitrogens with one attached hydrogen (secondary N) is 4. The maximum atomic E-state index is 13.6. The Labute approximate surface area is 285 Å². The van der Waals surface area contributed by atoms with Crippen LogP contribution in [-0.2, 0) is 25.9 Å². The number of hydrogen-bond acceptors (Lipinski definition) is 8. The highest BCUT2D eigenvalue weighted by atomic mass is 32.2. The molecule has 0 spiro atoms. The highest BCUT2D eigenvalue weighted by Gasteiger charge is 2.33. The Kier molecular flexibility index (Phi) is 17.6. The second-order valence-electron chi connectivity index (χ2n) is 14.0. The SMILES string of the molecule is CSCC[C@H](NC(=O)OCn1nc(C)cc1C)C(=O)N[C@@H](CC1CCCC1)[C@@H](O)C[C@@H](C)C(=O)N[C@@H](CC(C)C)C(=O)NCC(C)C. The normalized spacial score (nSPS) is 16.7. The Morgan fingerprint density at radius 1 is 0.957 bits per heavy atom. The number of carbonyl (C=O) groups excluding carboxylic acids is 4. The van der Waals surface area contributed by atoms with E-state index in [1.165, 1.54) is 0 Å². The van der Waals surface area contributed by atoms with E-state index in [1.807, 2.05) is 53.9 Å². The van der Waals surface area contributed by atoms with Gasteiger partial charge in [0.25, 0.3) is 0 Å². The quantitative estimate of drug-likeness (QED) is 0.138. The molecule has 1 heterocycles. The van der Waals surface area contributed by atoms with Crippen molar-refractivity contribution in [1.82, 2.24) is 31.0 Å². The summed E-state index contributed by atoms with van der Waals surface area (Å²) in [6, 6.07) is -0.258. The van der Waals surface area contributed by atoms with Gasteiger partial charge in [0.2, 0.25) is 17.7 Å². The van der Waals surface area contributed by atoms with Crippen LogP contribution in [0.4, 0.5) is 4.79 Å². The number of nitrogens with zero attached hydrogens (tertiary/aromatic N) is 2. The summed E-state index contributed by atoms with van der Waals surface area (Å²) in [7, 11) is 0. The van der Waals surface area contributed by atoms with Crippen molar-refractivity contribution in [3.05, 3.63) is 17.5 Å². The molecule has 1 saturated carbocycles. The van der Waals surface area contributed by atoms with E-state index < -0.39 is 42.1 Å². The summed E-state index contributed by atoms with van der Waals surface area (Å²) in [5.74, 6) is -0.0706. The van der Waals surface area contributed by atoms with Crippen molar-refractivity contribution in [2.75, 3.05) is 18.6 Å². The maximum Gasteiger partial charge on any atom is 0.409 e. The van der Waals surface area contributed by atoms with Crippen LogP contribution in [0.25, 0.3) is 0 Å². The fourth-order valence-electron chi connectivity index (χ4n) is 5.89. The molecule has 12 nitrogen and oxygen atoms in total. The molecule has 0 aromatic carbocycles. The molecule has 1 aromatic rings. The van der Waals surface area contributed by atoms with Crippen molar-refractivity contribution < 1.29 is 29.0 Å². The monoisotopic (exact) mass is 680 g/mol. The van der Waals surface area contributed by atoms with E-state index >= 15 is 0 Å². The summed E-state index contributed by atoms with van der Waals surface area (Å²) in [6.07, 6.45) is 6.01. The number of aliphatic hydroxyl groups is 1. The molecule has 0 unspecified atom stereocenters. The third-order valence-corrected chi connectivity index (χ3v) is 9.21. The zero-order valence-electron chi connectivity index (χ0n) is 29.8. The van der Waals surface area contributed by atoms with Crippen molar-refractivity contribution in [1.29, 1.82) is 0 Å². The molecule has 0 saturated heterocycles. The zero-order chi connectivity index (χ0) is 35.1. The number of aliphatic hydroxyl groups excluding tert-OH is 1. The van der Waals surface area contributed by atoms with E-state index in [0.717, 1.165) is 37.1 Å². The van der Waals surface area contributed by atoms with E-state index in [-0.39, 0.29) is 36.8 Å². The van der Waals surface area contributed by atoms with Gasteiger partial charge < -0.3 is 31.1 Å². The number of rotatable bonds is 20. The van der Waals surface area contributed by atoms with Gasteiger partial charge in [0, 0.05) is 18.2 Å². The summed E-state index contributed by atoms with van der Waals surface area (Å²) >= 11 is 1.56. The van der Waals surface area contributed by atoms with E-state index in [2.05, 4.69) is 26.4 Å². The third-order valence-electron chi connectivity index (χ3n) is 8.56. The van der Waals surface area contributed by atoms with Gasteiger partial charge in [0.05, 0.1) is 17.8 Å². The minimum absolute atomic E-state index is 0.0806. The van der Waals surface area contributed by atoms with Crippen LogP contribution in [0.15, 0.2) is 6.07 Å². The molecule has 47 heavy (non-hydrogen) atoms. The fraction of sp³-hybridized carbons (Fsp3) is 0.794. The molecule has 1 fully saturated rings. The van der Waals surface area contributed by atoms with Crippen LogP contribution in [0.2, 0.25) is 0 Å². The lowest BCUT2D eigenvalue weighted by Crippen LogP contribution is -2.54. The number of hydrogen-bond donors (Lipinski definition) is 5. The zero-order valence-corrected chi connectivity index (χ0v) is 30.6. The number of carbonyl (C=O) groups is 4. The number of thioether (sulfide) groups is 1. The van der Waals surface area contributed by atoms with Gasteiger partial charge in [0.1, 0.15) is 12.1 Å². The van der Waals surface area contributed by atoms with Crippen molar-refractivity contribution in [3.63, 3.8) is 0 Å². The minimum atomic E-state index is -1.00. The predicted octanol–water partition coefficient (Wildman–Crippen LogP) is 4.06. The fourth-order valence-corrected chi connectivity index (χ4v) is 6.36. The number of aryl methyl sites for hydroxylation is 2. The first-order valence-corrected chi connectivity index (χ1v) is 18.6. The molecular formula is C34H60N6O6S. The Hall–Kier alpha value is -2.80. The second kappa shape index (κ2) is 20.5. The number of aromatic nitrogens is 2. The van der Waals surface area contributed by atoms with E-state index in [1.54, 1.807) is 23.4 Å². The molecule has 13 heteroatoms. The highest BCUT2D eigenvalue weighted by molar-refractivity contribution is 7.98. The Balaban J connectivity index is 2.09. The topological polar surface area (TPSA) is 164 Å². The van der Waals surface area contributed by atoms with Gasteiger partial charge in [0.15, 0.2) is 6.73 Å². The summed E-state index contributed by atoms with van der Waals surface area (Å²) in [5.41, 5.74) is 1.66. The largest absolute Gasteiger partial charge is 0.426 e. The Morgan fingerprint density at radius 3 is 2.21 bits per heavy atom. The van der Waals surface area contributed by atoms with Gasteiger partial charge in [-0.05, 0) is 75.4 Å². The van der Waals surface area contributed by atoms with Crippen LogP contribution in [0.3, 0.4) is 0 Å². The molecule has 5 N–H and O–H groups in total. The number of ether oxygens (including phenoxy) is 1. The first kappa shape index (κ1) is 40.4. The van der Waals surface area contributed by atoms with Crippen molar-refractivity contribution in [2.45, 2.75) is 131 Å². The molecule has 1 aliphatic carbocycles. The highest BCUT2D eigenvalue weighted by Crippen LogP contribution is 2.30. The Morgan fingerprint density at radius 2 is 1.64 bits per heavy atom. The molecular weight excluding hydrogens is 620 g/mol. The lowest BCUT2D eigenvalue weighted by atomic mass is 9.90. The first-order chi connectivity index (χ1) is 22.2. The first-order valence-electron chi connectivity index (χ1n) is 17.2. The summed E-state index contributed by atoms with van der Waals surface area (Å²) in [6.45, 7) is 13.9. The van der Waals surface area contributed by atoms with Gasteiger partial charge >= 0.3 is 6.09 Å². The van der Waals surface area contributed by atoms with Crippen LogP contribution in [0.5, 0.6) is 0 Å². The minimum Gasteiger partial charge on any atom is -0.426 e. The summed E-state index contributed by atoms with van der Waals surface area (Å²) in [4.78, 5) is 52.5. The average Bonchev–Trinajstić information content (AvgIpc) is 3.63. The molecule has 1 aromatic heterocycles. The van der Waals surface area contributed by atoms with Gasteiger partial charge in [-0.15, -0.1) is 0 Å². The maximum absolute atomic E-state index is 13.6. The molecule has 0 bridgehead atoms. The van der Waals surface area contributed by atoms with Gasteiger partial charge in [-0.2, -0.15) is 16.9 Å². The van der Waals surface area contributed by atoms with E-state index in [9.17, 15) is 24.3 Å². The molecule has 0 radical (unpaired) electrons. The van der Waals surface area contributed by atoms with Crippen molar-refractivity contribution >= 4 is 35.6 Å².